The fraction of sp³-hybridized carbons (Fsp3) is 0.474. The quantitative estimate of drug-likeness (QED) is 0.792. The van der Waals surface area contributed by atoms with Crippen LogP contribution in [0.4, 0.5) is 5.69 Å². The molecule has 3 rings (SSSR count). The van der Waals surface area contributed by atoms with Gasteiger partial charge in [-0.2, -0.15) is 0 Å². The predicted octanol–water partition coefficient (Wildman–Crippen LogP) is 2.97. The maximum Gasteiger partial charge on any atom is 0.238 e. The van der Waals surface area contributed by atoms with Crippen LogP contribution in [0.3, 0.4) is 0 Å². The number of nitrogens with zero attached hydrogens (tertiary/aromatic N) is 1. The molecule has 0 radical (unpaired) electrons. The Morgan fingerprint density at radius 2 is 2.20 bits per heavy atom. The van der Waals surface area contributed by atoms with Crippen molar-refractivity contribution >= 4 is 29.1 Å². The summed E-state index contributed by atoms with van der Waals surface area (Å²) in [5.74, 6) is -0.253. The van der Waals surface area contributed by atoms with Gasteiger partial charge in [-0.15, -0.1) is 6.58 Å². The summed E-state index contributed by atoms with van der Waals surface area (Å²) in [6.07, 6.45) is 6.29. The van der Waals surface area contributed by atoms with Crippen LogP contribution in [0.2, 0.25) is 5.02 Å². The predicted molar refractivity (Wildman–Crippen MR) is 99.6 cm³/mol. The van der Waals surface area contributed by atoms with Crippen LogP contribution in [0.1, 0.15) is 32.1 Å². The van der Waals surface area contributed by atoms with Crippen molar-refractivity contribution in [2.45, 2.75) is 50.2 Å². The Hall–Kier alpha value is -1.85. The molecule has 1 aliphatic carbocycles. The topological polar surface area (TPSA) is 61.4 Å². The Kier molecular flexibility index (Phi) is 5.76. The molecule has 2 aliphatic rings. The standard InChI is InChI=1S/C19H24ClN3O2/c1-2-10-23-16-9-4-3-8-15(16)22-19(25)17(23)12-18(24)21-14-7-5-6-13(20)11-14/h2,5-7,11,15-17H,1,3-4,8-10,12H2,(H,21,24)(H,22,25)/t15-,16+,17-/m0/s1. The highest BCUT2D eigenvalue weighted by atomic mass is 35.5. The summed E-state index contributed by atoms with van der Waals surface area (Å²) < 4.78 is 0. The van der Waals surface area contributed by atoms with Crippen molar-refractivity contribution in [1.82, 2.24) is 10.2 Å². The number of carbonyl (C=O) groups excluding carboxylic acids is 2. The van der Waals surface area contributed by atoms with Crippen molar-refractivity contribution in [3.8, 4) is 0 Å². The van der Waals surface area contributed by atoms with Crippen LogP contribution in [0, 0.1) is 0 Å². The number of carbonyl (C=O) groups is 2. The number of hydrogen-bond donors (Lipinski definition) is 2. The molecule has 1 saturated carbocycles. The molecule has 1 aromatic rings. The molecule has 5 nitrogen and oxygen atoms in total. The van der Waals surface area contributed by atoms with E-state index in [1.54, 1.807) is 24.3 Å². The van der Waals surface area contributed by atoms with E-state index >= 15 is 0 Å². The maximum absolute atomic E-state index is 12.6. The number of halogens is 1. The summed E-state index contributed by atoms with van der Waals surface area (Å²) in [7, 11) is 0. The summed E-state index contributed by atoms with van der Waals surface area (Å²) >= 11 is 5.95. The van der Waals surface area contributed by atoms with E-state index in [2.05, 4.69) is 22.1 Å². The molecule has 0 bridgehead atoms. The average Bonchev–Trinajstić information content (AvgIpc) is 2.58. The molecule has 0 aromatic heterocycles. The van der Waals surface area contributed by atoms with Gasteiger partial charge in [0, 0.05) is 29.3 Å². The number of fused-ring (bicyclic) bond motifs is 1. The molecular weight excluding hydrogens is 338 g/mol. The first-order valence-corrected chi connectivity index (χ1v) is 9.18. The van der Waals surface area contributed by atoms with E-state index in [4.69, 9.17) is 11.6 Å². The van der Waals surface area contributed by atoms with Gasteiger partial charge in [-0.1, -0.05) is 36.6 Å². The Balaban J connectivity index is 1.70. The summed E-state index contributed by atoms with van der Waals surface area (Å²) in [6, 6.07) is 7.02. The molecule has 25 heavy (non-hydrogen) atoms. The lowest BCUT2D eigenvalue weighted by Crippen LogP contribution is -2.66. The molecule has 6 heteroatoms. The van der Waals surface area contributed by atoms with Crippen molar-refractivity contribution in [2.24, 2.45) is 0 Å². The monoisotopic (exact) mass is 361 g/mol. The van der Waals surface area contributed by atoms with E-state index in [1.165, 1.54) is 0 Å². The van der Waals surface area contributed by atoms with E-state index in [1.807, 2.05) is 6.08 Å². The molecule has 2 fully saturated rings. The lowest BCUT2D eigenvalue weighted by atomic mass is 9.85. The van der Waals surface area contributed by atoms with E-state index in [-0.39, 0.29) is 30.3 Å². The summed E-state index contributed by atoms with van der Waals surface area (Å²) in [5.41, 5.74) is 0.638. The zero-order valence-electron chi connectivity index (χ0n) is 14.2. The number of anilines is 1. The molecule has 0 unspecified atom stereocenters. The fourth-order valence-corrected chi connectivity index (χ4v) is 4.10. The van der Waals surface area contributed by atoms with Gasteiger partial charge in [0.25, 0.3) is 0 Å². The highest BCUT2D eigenvalue weighted by Crippen LogP contribution is 2.29. The molecule has 2 N–H and O–H groups in total. The molecule has 134 valence electrons. The summed E-state index contributed by atoms with van der Waals surface area (Å²) in [4.78, 5) is 27.2. The van der Waals surface area contributed by atoms with Crippen molar-refractivity contribution in [3.05, 3.63) is 41.9 Å². The number of nitrogens with one attached hydrogen (secondary N) is 2. The SMILES string of the molecule is C=CCN1[C@@H]2CCCC[C@@H]2NC(=O)[C@@H]1CC(=O)Nc1cccc(Cl)c1. The van der Waals surface area contributed by atoms with Crippen molar-refractivity contribution < 1.29 is 9.59 Å². The Morgan fingerprint density at radius 3 is 2.96 bits per heavy atom. The average molecular weight is 362 g/mol. The number of rotatable bonds is 5. The first-order chi connectivity index (χ1) is 12.1. The van der Waals surface area contributed by atoms with E-state index < -0.39 is 6.04 Å². The first-order valence-electron chi connectivity index (χ1n) is 8.81. The van der Waals surface area contributed by atoms with Crippen LogP contribution >= 0.6 is 11.6 Å². The van der Waals surface area contributed by atoms with Crippen LogP contribution in [0.25, 0.3) is 0 Å². The van der Waals surface area contributed by atoms with E-state index in [9.17, 15) is 9.59 Å². The lowest BCUT2D eigenvalue weighted by molar-refractivity contribution is -0.137. The fourth-order valence-electron chi connectivity index (χ4n) is 3.91. The maximum atomic E-state index is 12.6. The zero-order chi connectivity index (χ0) is 17.8. The number of hydrogen-bond acceptors (Lipinski definition) is 3. The van der Waals surface area contributed by atoms with Crippen LogP contribution in [-0.4, -0.2) is 41.4 Å². The molecule has 1 aliphatic heterocycles. The number of benzene rings is 1. The zero-order valence-corrected chi connectivity index (χ0v) is 15.0. The second-order valence-electron chi connectivity index (χ2n) is 6.73. The van der Waals surface area contributed by atoms with Crippen molar-refractivity contribution in [3.63, 3.8) is 0 Å². The largest absolute Gasteiger partial charge is 0.350 e. The number of amides is 2. The van der Waals surface area contributed by atoms with Crippen molar-refractivity contribution in [2.75, 3.05) is 11.9 Å². The van der Waals surface area contributed by atoms with Gasteiger partial charge >= 0.3 is 0 Å². The van der Waals surface area contributed by atoms with Crippen LogP contribution in [-0.2, 0) is 9.59 Å². The highest BCUT2D eigenvalue weighted by molar-refractivity contribution is 6.30. The second-order valence-corrected chi connectivity index (χ2v) is 7.17. The molecule has 1 aromatic carbocycles. The lowest BCUT2D eigenvalue weighted by Gasteiger charge is -2.47. The van der Waals surface area contributed by atoms with Gasteiger partial charge in [0.1, 0.15) is 0 Å². The Bertz CT molecular complexity index is 664. The normalized spacial score (nSPS) is 26.4. The molecular formula is C19H24ClN3O2. The van der Waals surface area contributed by atoms with Crippen LogP contribution < -0.4 is 10.6 Å². The van der Waals surface area contributed by atoms with E-state index in [0.717, 1.165) is 25.7 Å². The Morgan fingerprint density at radius 1 is 1.40 bits per heavy atom. The summed E-state index contributed by atoms with van der Waals surface area (Å²) in [6.45, 7) is 4.43. The van der Waals surface area contributed by atoms with Crippen molar-refractivity contribution in [1.29, 1.82) is 0 Å². The van der Waals surface area contributed by atoms with Gasteiger partial charge in [0.05, 0.1) is 12.5 Å². The van der Waals surface area contributed by atoms with Crippen LogP contribution in [0.5, 0.6) is 0 Å². The first kappa shape index (κ1) is 18.0. The van der Waals surface area contributed by atoms with Gasteiger partial charge < -0.3 is 10.6 Å². The Labute approximate surface area is 153 Å². The van der Waals surface area contributed by atoms with Gasteiger partial charge in [0.2, 0.25) is 11.8 Å². The highest BCUT2D eigenvalue weighted by Gasteiger charge is 2.42. The van der Waals surface area contributed by atoms with Gasteiger partial charge in [-0.05, 0) is 31.0 Å². The van der Waals surface area contributed by atoms with Crippen LogP contribution in [0.15, 0.2) is 36.9 Å². The summed E-state index contributed by atoms with van der Waals surface area (Å²) in [5, 5.41) is 6.51. The second kappa shape index (κ2) is 8.02. The molecule has 3 atom stereocenters. The molecule has 1 saturated heterocycles. The third kappa shape index (κ3) is 4.22. The van der Waals surface area contributed by atoms with Gasteiger partial charge in [-0.25, -0.2) is 0 Å². The molecule has 1 heterocycles. The number of piperazine rings is 1. The molecule has 0 spiro atoms. The van der Waals surface area contributed by atoms with Gasteiger partial charge in [0.15, 0.2) is 0 Å². The smallest absolute Gasteiger partial charge is 0.238 e. The minimum Gasteiger partial charge on any atom is -0.350 e. The van der Waals surface area contributed by atoms with E-state index in [0.29, 0.717) is 17.3 Å². The third-order valence-corrected chi connectivity index (χ3v) is 5.25. The minimum absolute atomic E-state index is 0.0637. The van der Waals surface area contributed by atoms with Gasteiger partial charge in [-0.3, -0.25) is 14.5 Å². The third-order valence-electron chi connectivity index (χ3n) is 5.01. The minimum atomic E-state index is -0.462. The molecule has 2 amide bonds.